The van der Waals surface area contributed by atoms with Crippen LogP contribution in [-0.4, -0.2) is 35.5 Å². The van der Waals surface area contributed by atoms with Gasteiger partial charge in [-0.3, -0.25) is 14.4 Å². The zero-order valence-electron chi connectivity index (χ0n) is 12.5. The lowest BCUT2D eigenvalue weighted by Gasteiger charge is -2.25. The van der Waals surface area contributed by atoms with E-state index in [0.717, 1.165) is 19.3 Å². The number of furan rings is 1. The highest BCUT2D eigenvalue weighted by Gasteiger charge is 2.35. The second-order valence-corrected chi connectivity index (χ2v) is 5.91. The Balaban J connectivity index is 1.73. The number of amides is 1. The summed E-state index contributed by atoms with van der Waals surface area (Å²) in [6.07, 6.45) is 3.05. The zero-order chi connectivity index (χ0) is 16.0. The van der Waals surface area contributed by atoms with Crippen molar-refractivity contribution in [3.05, 3.63) is 58.5 Å². The lowest BCUT2D eigenvalue weighted by atomic mass is 9.88. The molecule has 1 fully saturated rings. The van der Waals surface area contributed by atoms with Crippen LogP contribution in [0.5, 0.6) is 0 Å². The Morgan fingerprint density at radius 3 is 2.26 bits per heavy atom. The van der Waals surface area contributed by atoms with Gasteiger partial charge in [-0.05, 0) is 19.3 Å². The van der Waals surface area contributed by atoms with Gasteiger partial charge in [-0.25, -0.2) is 0 Å². The monoisotopic (exact) mass is 309 g/mol. The van der Waals surface area contributed by atoms with Crippen molar-refractivity contribution < 1.29 is 18.8 Å². The van der Waals surface area contributed by atoms with Gasteiger partial charge in [-0.1, -0.05) is 24.3 Å². The minimum Gasteiger partial charge on any atom is -0.447 e. The Morgan fingerprint density at radius 2 is 1.57 bits per heavy atom. The molecule has 2 aliphatic rings. The summed E-state index contributed by atoms with van der Waals surface area (Å²) < 4.78 is 5.50. The third-order valence-electron chi connectivity index (χ3n) is 4.45. The molecule has 0 radical (unpaired) electrons. The van der Waals surface area contributed by atoms with Gasteiger partial charge in [0.05, 0.1) is 5.56 Å². The van der Waals surface area contributed by atoms with Crippen LogP contribution in [0.15, 0.2) is 34.7 Å². The van der Waals surface area contributed by atoms with E-state index in [4.69, 9.17) is 4.42 Å². The van der Waals surface area contributed by atoms with E-state index in [2.05, 4.69) is 0 Å². The molecular weight excluding hydrogens is 294 g/mol. The number of likely N-dealkylation sites (tertiary alicyclic amines) is 1. The van der Waals surface area contributed by atoms with Crippen LogP contribution in [0.4, 0.5) is 0 Å². The Hall–Kier alpha value is -2.69. The van der Waals surface area contributed by atoms with Gasteiger partial charge in [0.2, 0.25) is 5.78 Å². The summed E-state index contributed by atoms with van der Waals surface area (Å²) in [7, 11) is 0. The molecule has 1 aliphatic heterocycles. The summed E-state index contributed by atoms with van der Waals surface area (Å²) in [5.41, 5.74) is 0.883. The van der Waals surface area contributed by atoms with Gasteiger partial charge >= 0.3 is 0 Å². The first-order valence-corrected chi connectivity index (χ1v) is 7.78. The average molecular weight is 309 g/mol. The first kappa shape index (κ1) is 13.9. The van der Waals surface area contributed by atoms with Gasteiger partial charge in [-0.15, -0.1) is 0 Å². The Labute approximate surface area is 132 Å². The molecule has 1 amide bonds. The SMILES string of the molecule is O=C1c2ccccc2C(=O)c2oc(C(=O)N3CCCCC3)cc21. The van der Waals surface area contributed by atoms with Crippen molar-refractivity contribution in [3.63, 3.8) is 0 Å². The third-order valence-corrected chi connectivity index (χ3v) is 4.45. The first-order valence-electron chi connectivity index (χ1n) is 7.78. The van der Waals surface area contributed by atoms with E-state index < -0.39 is 0 Å². The molecule has 23 heavy (non-hydrogen) atoms. The Morgan fingerprint density at radius 1 is 0.913 bits per heavy atom. The minimum atomic E-state index is -0.340. The van der Waals surface area contributed by atoms with Crippen molar-refractivity contribution in [1.29, 1.82) is 0 Å². The fourth-order valence-electron chi connectivity index (χ4n) is 3.23. The highest BCUT2D eigenvalue weighted by molar-refractivity contribution is 6.27. The largest absolute Gasteiger partial charge is 0.447 e. The van der Waals surface area contributed by atoms with E-state index in [0.29, 0.717) is 24.2 Å². The average Bonchev–Trinajstić information content (AvgIpc) is 3.05. The number of hydrogen-bond donors (Lipinski definition) is 0. The van der Waals surface area contributed by atoms with Gasteiger partial charge in [-0.2, -0.15) is 0 Å². The number of hydrogen-bond acceptors (Lipinski definition) is 4. The number of ketones is 2. The van der Waals surface area contributed by atoms with Crippen molar-refractivity contribution in [2.24, 2.45) is 0 Å². The van der Waals surface area contributed by atoms with E-state index in [1.807, 2.05) is 0 Å². The summed E-state index contributed by atoms with van der Waals surface area (Å²) >= 11 is 0. The number of piperidine rings is 1. The van der Waals surface area contributed by atoms with E-state index in [1.165, 1.54) is 6.07 Å². The molecule has 1 aliphatic carbocycles. The predicted octanol–water partition coefficient (Wildman–Crippen LogP) is 2.68. The van der Waals surface area contributed by atoms with Gasteiger partial charge in [0.1, 0.15) is 0 Å². The molecule has 2 aromatic rings. The van der Waals surface area contributed by atoms with Crippen LogP contribution < -0.4 is 0 Å². The number of nitrogens with zero attached hydrogens (tertiary/aromatic N) is 1. The van der Waals surface area contributed by atoms with Crippen LogP contribution in [-0.2, 0) is 0 Å². The van der Waals surface area contributed by atoms with Crippen LogP contribution >= 0.6 is 0 Å². The summed E-state index contributed by atoms with van der Waals surface area (Å²) in [6.45, 7) is 1.37. The molecule has 0 N–H and O–H groups in total. The number of carbonyl (C=O) groups is 3. The summed E-state index contributed by atoms with van der Waals surface area (Å²) in [5.74, 6) is -0.797. The van der Waals surface area contributed by atoms with Gasteiger partial charge in [0.15, 0.2) is 17.3 Å². The van der Waals surface area contributed by atoms with Crippen LogP contribution in [0.2, 0.25) is 0 Å². The summed E-state index contributed by atoms with van der Waals surface area (Å²) in [4.78, 5) is 39.3. The highest BCUT2D eigenvalue weighted by atomic mass is 16.4. The van der Waals surface area contributed by atoms with E-state index in [-0.39, 0.29) is 34.6 Å². The molecule has 5 nitrogen and oxygen atoms in total. The maximum atomic E-state index is 12.5. The van der Waals surface area contributed by atoms with Gasteiger partial charge in [0.25, 0.3) is 5.91 Å². The molecule has 1 aromatic carbocycles. The van der Waals surface area contributed by atoms with Gasteiger partial charge < -0.3 is 9.32 Å². The molecule has 4 rings (SSSR count). The summed E-state index contributed by atoms with van der Waals surface area (Å²) in [5, 5.41) is 0. The normalized spacial score (nSPS) is 17.0. The predicted molar refractivity (Wildman–Crippen MR) is 81.8 cm³/mol. The van der Waals surface area contributed by atoms with E-state index >= 15 is 0 Å². The van der Waals surface area contributed by atoms with Crippen LogP contribution in [0.3, 0.4) is 0 Å². The van der Waals surface area contributed by atoms with Crippen LogP contribution in [0, 0.1) is 0 Å². The molecule has 0 bridgehead atoms. The molecule has 2 heterocycles. The smallest absolute Gasteiger partial charge is 0.289 e. The van der Waals surface area contributed by atoms with E-state index in [9.17, 15) is 14.4 Å². The maximum absolute atomic E-state index is 12.5. The quantitative estimate of drug-likeness (QED) is 0.693. The standard InChI is InChI=1S/C18H15NO4/c20-15-11-6-2-3-7-12(11)16(21)17-13(15)10-14(23-17)18(22)19-8-4-1-5-9-19/h2-3,6-7,10H,1,4-5,8-9H2. The minimum absolute atomic E-state index is 0.0194. The van der Waals surface area contributed by atoms with Gasteiger partial charge in [0, 0.05) is 30.3 Å². The Kier molecular flexibility index (Phi) is 3.15. The lowest BCUT2D eigenvalue weighted by molar-refractivity contribution is 0.0689. The Bertz CT molecular complexity index is 775. The lowest BCUT2D eigenvalue weighted by Crippen LogP contribution is -2.35. The molecule has 0 saturated carbocycles. The van der Waals surface area contributed by atoms with Crippen molar-refractivity contribution in [2.45, 2.75) is 19.3 Å². The number of fused-ring (bicyclic) bond motifs is 2. The molecule has 0 spiro atoms. The van der Waals surface area contributed by atoms with Crippen molar-refractivity contribution in [1.82, 2.24) is 4.90 Å². The van der Waals surface area contributed by atoms with Crippen LogP contribution in [0.25, 0.3) is 0 Å². The fraction of sp³-hybridized carbons (Fsp3) is 0.278. The highest BCUT2D eigenvalue weighted by Crippen LogP contribution is 2.30. The zero-order valence-corrected chi connectivity index (χ0v) is 12.5. The first-order chi connectivity index (χ1) is 11.2. The van der Waals surface area contributed by atoms with Crippen molar-refractivity contribution in [2.75, 3.05) is 13.1 Å². The van der Waals surface area contributed by atoms with Crippen LogP contribution in [0.1, 0.15) is 61.9 Å². The molecule has 116 valence electrons. The van der Waals surface area contributed by atoms with Crippen molar-refractivity contribution in [3.8, 4) is 0 Å². The number of rotatable bonds is 1. The molecule has 1 aromatic heterocycles. The maximum Gasteiger partial charge on any atom is 0.289 e. The van der Waals surface area contributed by atoms with E-state index in [1.54, 1.807) is 29.2 Å². The number of carbonyl (C=O) groups excluding carboxylic acids is 3. The second-order valence-electron chi connectivity index (χ2n) is 5.91. The van der Waals surface area contributed by atoms with Crippen molar-refractivity contribution >= 4 is 17.5 Å². The number of benzene rings is 1. The molecule has 0 unspecified atom stereocenters. The molecule has 5 heteroatoms. The molecule has 1 saturated heterocycles. The fourth-order valence-corrected chi connectivity index (χ4v) is 3.23. The third kappa shape index (κ3) is 2.11. The molecular formula is C18H15NO4. The summed E-state index contributed by atoms with van der Waals surface area (Å²) in [6, 6.07) is 8.07. The second kappa shape index (κ2) is 5.19. The topological polar surface area (TPSA) is 67.6 Å². The molecule has 0 atom stereocenters.